The predicted molar refractivity (Wildman–Crippen MR) is 95.7 cm³/mol. The summed E-state index contributed by atoms with van der Waals surface area (Å²) in [4.78, 5) is 14.3. The average Bonchev–Trinajstić information content (AvgIpc) is 3.16. The van der Waals surface area contributed by atoms with Crippen molar-refractivity contribution in [3.05, 3.63) is 33.1 Å². The second-order valence-electron chi connectivity index (χ2n) is 6.17. The molecule has 1 atom stereocenters. The molecule has 6 nitrogen and oxygen atoms in total. The number of anilines is 1. The average molecular weight is 367 g/mol. The third kappa shape index (κ3) is 3.39. The second-order valence-corrected chi connectivity index (χ2v) is 9.66. The van der Waals surface area contributed by atoms with Crippen LogP contribution < -0.4 is 5.32 Å². The van der Waals surface area contributed by atoms with Crippen LogP contribution in [0.2, 0.25) is 0 Å². The van der Waals surface area contributed by atoms with Crippen LogP contribution in [0.15, 0.2) is 12.1 Å². The molecule has 0 aliphatic carbocycles. The summed E-state index contributed by atoms with van der Waals surface area (Å²) in [6.07, 6.45) is 1.43. The van der Waals surface area contributed by atoms with Crippen LogP contribution in [0, 0.1) is 13.8 Å². The molecule has 1 fully saturated rings. The molecule has 0 aromatic carbocycles. The lowest BCUT2D eigenvalue weighted by Gasteiger charge is -2.13. The molecule has 0 saturated carbocycles. The van der Waals surface area contributed by atoms with Gasteiger partial charge in [0.1, 0.15) is 5.82 Å². The Kier molecular flexibility index (Phi) is 4.52. The zero-order valence-corrected chi connectivity index (χ0v) is 15.6. The number of aromatic nitrogens is 2. The van der Waals surface area contributed by atoms with E-state index < -0.39 is 9.84 Å². The summed E-state index contributed by atoms with van der Waals surface area (Å²) >= 11 is 1.47. The molecule has 0 radical (unpaired) electrons. The number of hydrogen-bond donors (Lipinski definition) is 1. The van der Waals surface area contributed by atoms with Crippen molar-refractivity contribution in [2.45, 2.75) is 39.7 Å². The van der Waals surface area contributed by atoms with E-state index in [0.29, 0.717) is 17.1 Å². The lowest BCUT2D eigenvalue weighted by molar-refractivity contribution is 0.102. The molecular weight excluding hydrogens is 346 g/mol. The van der Waals surface area contributed by atoms with E-state index in [9.17, 15) is 13.2 Å². The number of hydrogen-bond acceptors (Lipinski definition) is 5. The first-order chi connectivity index (χ1) is 11.3. The van der Waals surface area contributed by atoms with Gasteiger partial charge >= 0.3 is 0 Å². The Morgan fingerprint density at radius 3 is 2.75 bits per heavy atom. The monoisotopic (exact) mass is 367 g/mol. The van der Waals surface area contributed by atoms with Gasteiger partial charge in [0.15, 0.2) is 9.84 Å². The van der Waals surface area contributed by atoms with Gasteiger partial charge in [0.05, 0.1) is 28.1 Å². The number of aryl methyl sites for hydroxylation is 3. The zero-order valence-electron chi connectivity index (χ0n) is 14.0. The maximum absolute atomic E-state index is 12.5. The van der Waals surface area contributed by atoms with Crippen molar-refractivity contribution in [3.8, 4) is 0 Å². The summed E-state index contributed by atoms with van der Waals surface area (Å²) in [7, 11) is -3.01. The highest BCUT2D eigenvalue weighted by atomic mass is 32.2. The van der Waals surface area contributed by atoms with Gasteiger partial charge in [-0.15, -0.1) is 11.3 Å². The zero-order chi connectivity index (χ0) is 17.5. The highest BCUT2D eigenvalue weighted by Crippen LogP contribution is 2.28. The molecular formula is C16H21N3O3S2. The van der Waals surface area contributed by atoms with E-state index in [4.69, 9.17) is 0 Å². The topological polar surface area (TPSA) is 81.1 Å². The lowest BCUT2D eigenvalue weighted by atomic mass is 10.2. The minimum atomic E-state index is -3.01. The van der Waals surface area contributed by atoms with Gasteiger partial charge < -0.3 is 5.32 Å². The molecule has 2 aromatic heterocycles. The molecule has 1 amide bonds. The van der Waals surface area contributed by atoms with Gasteiger partial charge in [-0.2, -0.15) is 5.10 Å². The number of nitrogens with one attached hydrogen (secondary N) is 1. The smallest absolute Gasteiger partial charge is 0.266 e. The number of carbonyl (C=O) groups excluding carboxylic acids is 1. The van der Waals surface area contributed by atoms with Gasteiger partial charge in [0.25, 0.3) is 5.91 Å². The van der Waals surface area contributed by atoms with E-state index in [1.807, 2.05) is 19.9 Å². The molecule has 1 aliphatic rings. The third-order valence-corrected chi connectivity index (χ3v) is 7.12. The largest absolute Gasteiger partial charge is 0.306 e. The molecule has 1 saturated heterocycles. The Labute approximate surface area is 145 Å². The predicted octanol–water partition coefficient (Wildman–Crippen LogP) is 2.74. The summed E-state index contributed by atoms with van der Waals surface area (Å²) in [5.74, 6) is 0.636. The van der Waals surface area contributed by atoms with Crippen LogP contribution in [0.25, 0.3) is 0 Å². The number of nitrogens with zero attached hydrogens (tertiary/aromatic N) is 2. The van der Waals surface area contributed by atoms with Crippen LogP contribution in [0.5, 0.6) is 0 Å². The first-order valence-corrected chi connectivity index (χ1v) is 10.6. The normalized spacial score (nSPS) is 19.5. The van der Waals surface area contributed by atoms with Crippen LogP contribution in [0.3, 0.4) is 0 Å². The number of thiophene rings is 1. The van der Waals surface area contributed by atoms with Crippen molar-refractivity contribution in [2.75, 3.05) is 16.8 Å². The number of rotatable bonds is 4. The molecule has 1 N–H and O–H groups in total. The lowest BCUT2D eigenvalue weighted by Crippen LogP contribution is -2.19. The van der Waals surface area contributed by atoms with E-state index in [0.717, 1.165) is 17.0 Å². The maximum Gasteiger partial charge on any atom is 0.266 e. The summed E-state index contributed by atoms with van der Waals surface area (Å²) < 4.78 is 25.1. The fourth-order valence-corrected chi connectivity index (χ4v) is 5.72. The molecule has 3 rings (SSSR count). The Morgan fingerprint density at radius 1 is 1.42 bits per heavy atom. The Hall–Kier alpha value is -1.67. The van der Waals surface area contributed by atoms with E-state index in [-0.39, 0.29) is 23.5 Å². The van der Waals surface area contributed by atoms with E-state index in [2.05, 4.69) is 17.3 Å². The van der Waals surface area contributed by atoms with Crippen molar-refractivity contribution < 1.29 is 13.2 Å². The van der Waals surface area contributed by atoms with Gasteiger partial charge in [-0.1, -0.05) is 6.92 Å². The van der Waals surface area contributed by atoms with Crippen molar-refractivity contribution >= 4 is 32.9 Å². The van der Waals surface area contributed by atoms with Gasteiger partial charge in [-0.3, -0.25) is 4.79 Å². The summed E-state index contributed by atoms with van der Waals surface area (Å²) in [6.45, 7) is 5.91. The van der Waals surface area contributed by atoms with Crippen LogP contribution in [-0.2, 0) is 16.3 Å². The Balaban J connectivity index is 1.83. The van der Waals surface area contributed by atoms with Crippen LogP contribution in [-0.4, -0.2) is 35.6 Å². The van der Waals surface area contributed by atoms with Gasteiger partial charge in [-0.25, -0.2) is 13.1 Å². The fraction of sp³-hybridized carbons (Fsp3) is 0.500. The van der Waals surface area contributed by atoms with Gasteiger partial charge in [-0.05, 0) is 38.3 Å². The SMILES string of the molecule is CCc1cc(C(=O)Nc2cc(C)nn2C2CCS(=O)(=O)C2)sc1C. The standard InChI is InChI=1S/C16H21N3O3S2/c1-4-12-8-14(23-11(12)3)16(20)17-15-7-10(2)18-19(15)13-5-6-24(21,22)9-13/h7-8,13H,4-6,9H2,1-3H3,(H,17,20). The molecule has 1 aliphatic heterocycles. The van der Waals surface area contributed by atoms with Crippen LogP contribution >= 0.6 is 11.3 Å². The van der Waals surface area contributed by atoms with Crippen molar-refractivity contribution in [3.63, 3.8) is 0 Å². The van der Waals surface area contributed by atoms with Gasteiger partial charge in [0.2, 0.25) is 0 Å². The first-order valence-electron chi connectivity index (χ1n) is 7.96. The van der Waals surface area contributed by atoms with Crippen LogP contribution in [0.1, 0.15) is 45.2 Å². The minimum absolute atomic E-state index is 0.0785. The highest BCUT2D eigenvalue weighted by Gasteiger charge is 2.31. The Morgan fingerprint density at radius 2 is 2.17 bits per heavy atom. The first kappa shape index (κ1) is 17.2. The fourth-order valence-electron chi connectivity index (χ4n) is 3.02. The third-order valence-electron chi connectivity index (χ3n) is 4.28. The van der Waals surface area contributed by atoms with Crippen molar-refractivity contribution in [2.24, 2.45) is 0 Å². The number of carbonyl (C=O) groups is 1. The van der Waals surface area contributed by atoms with E-state index in [1.54, 1.807) is 10.7 Å². The molecule has 0 bridgehead atoms. The molecule has 2 aromatic rings. The molecule has 0 spiro atoms. The molecule has 8 heteroatoms. The summed E-state index contributed by atoms with van der Waals surface area (Å²) in [6, 6.07) is 3.49. The molecule has 130 valence electrons. The highest BCUT2D eigenvalue weighted by molar-refractivity contribution is 7.91. The van der Waals surface area contributed by atoms with Crippen molar-refractivity contribution in [1.82, 2.24) is 9.78 Å². The number of amides is 1. The van der Waals surface area contributed by atoms with E-state index in [1.165, 1.54) is 16.9 Å². The van der Waals surface area contributed by atoms with E-state index >= 15 is 0 Å². The van der Waals surface area contributed by atoms with Crippen molar-refractivity contribution in [1.29, 1.82) is 0 Å². The molecule has 24 heavy (non-hydrogen) atoms. The Bertz CT molecular complexity index is 881. The molecule has 3 heterocycles. The minimum Gasteiger partial charge on any atom is -0.306 e. The quantitative estimate of drug-likeness (QED) is 0.901. The second kappa shape index (κ2) is 6.33. The number of sulfone groups is 1. The maximum atomic E-state index is 12.5. The summed E-state index contributed by atoms with van der Waals surface area (Å²) in [5.41, 5.74) is 1.93. The van der Waals surface area contributed by atoms with Crippen LogP contribution in [0.4, 0.5) is 5.82 Å². The molecule has 1 unspecified atom stereocenters. The summed E-state index contributed by atoms with van der Waals surface area (Å²) in [5, 5.41) is 7.28. The van der Waals surface area contributed by atoms with Gasteiger partial charge in [0, 0.05) is 10.9 Å².